The number of anilines is 1. The Morgan fingerprint density at radius 3 is 2.43 bits per heavy atom. The average molecular weight is 430 g/mol. The third-order valence-electron chi connectivity index (χ3n) is 4.76. The quantitative estimate of drug-likeness (QED) is 0.626. The Morgan fingerprint density at radius 1 is 1.13 bits per heavy atom. The predicted octanol–water partition coefficient (Wildman–Crippen LogP) is 3.72. The summed E-state index contributed by atoms with van der Waals surface area (Å²) in [6.45, 7) is 1.84. The molecule has 2 N–H and O–H groups in total. The Bertz CT molecular complexity index is 1110. The fraction of sp³-hybridized carbons (Fsp3) is 0.273. The number of phenols is 1. The molecule has 0 spiro atoms. The number of amides is 2. The molecule has 2 aromatic carbocycles. The molecule has 0 saturated heterocycles. The van der Waals surface area contributed by atoms with Crippen molar-refractivity contribution in [3.8, 4) is 5.75 Å². The predicted molar refractivity (Wildman–Crippen MR) is 118 cm³/mol. The largest absolute Gasteiger partial charge is 0.508 e. The van der Waals surface area contributed by atoms with Crippen molar-refractivity contribution < 1.29 is 19.1 Å². The molecule has 158 valence electrons. The van der Waals surface area contributed by atoms with Gasteiger partial charge in [-0.3, -0.25) is 14.5 Å². The number of phenolic OH excluding ortho intramolecular Hbond substituents is 1. The van der Waals surface area contributed by atoms with Crippen molar-refractivity contribution in [2.75, 3.05) is 26.0 Å². The van der Waals surface area contributed by atoms with E-state index in [2.05, 4.69) is 5.32 Å². The second kappa shape index (κ2) is 8.81. The van der Waals surface area contributed by atoms with E-state index in [0.717, 1.165) is 4.70 Å². The first-order chi connectivity index (χ1) is 14.2. The topological polar surface area (TPSA) is 72.9 Å². The van der Waals surface area contributed by atoms with Crippen LogP contribution in [-0.2, 0) is 17.9 Å². The van der Waals surface area contributed by atoms with Crippen molar-refractivity contribution in [1.82, 2.24) is 10.2 Å². The molecule has 3 rings (SSSR count). The zero-order chi connectivity index (χ0) is 22.0. The van der Waals surface area contributed by atoms with E-state index in [0.29, 0.717) is 33.6 Å². The molecule has 0 aliphatic rings. The molecule has 1 aromatic heterocycles. The molecule has 2 amide bonds. The van der Waals surface area contributed by atoms with Crippen LogP contribution in [0.4, 0.5) is 9.39 Å². The minimum atomic E-state index is -0.419. The van der Waals surface area contributed by atoms with E-state index in [-0.39, 0.29) is 24.1 Å². The highest BCUT2D eigenvalue weighted by Crippen LogP contribution is 2.43. The normalized spacial score (nSPS) is 11.1. The van der Waals surface area contributed by atoms with Gasteiger partial charge in [0, 0.05) is 41.7 Å². The van der Waals surface area contributed by atoms with Crippen LogP contribution >= 0.6 is 11.3 Å². The number of hydrogen-bond acceptors (Lipinski definition) is 5. The summed E-state index contributed by atoms with van der Waals surface area (Å²) in [5.41, 5.74) is 1.36. The van der Waals surface area contributed by atoms with Gasteiger partial charge in [0.2, 0.25) is 5.91 Å². The average Bonchev–Trinajstić information content (AvgIpc) is 3.07. The molecule has 0 aliphatic carbocycles. The second-order valence-corrected chi connectivity index (χ2v) is 8.23. The summed E-state index contributed by atoms with van der Waals surface area (Å²) in [5.74, 6) is -0.959. The number of thiophene rings is 1. The fourth-order valence-corrected chi connectivity index (χ4v) is 4.69. The van der Waals surface area contributed by atoms with E-state index in [1.807, 2.05) is 19.0 Å². The molecule has 3 aromatic rings. The lowest BCUT2D eigenvalue weighted by Gasteiger charge is -2.21. The minimum Gasteiger partial charge on any atom is -0.508 e. The Balaban J connectivity index is 2.25. The fourth-order valence-electron chi connectivity index (χ4n) is 3.32. The van der Waals surface area contributed by atoms with Gasteiger partial charge >= 0.3 is 0 Å². The Labute approximate surface area is 178 Å². The Kier molecular flexibility index (Phi) is 6.38. The van der Waals surface area contributed by atoms with Crippen LogP contribution in [0.25, 0.3) is 10.1 Å². The number of benzene rings is 2. The van der Waals surface area contributed by atoms with Crippen LogP contribution in [0.2, 0.25) is 0 Å². The van der Waals surface area contributed by atoms with Gasteiger partial charge in [-0.15, -0.1) is 11.3 Å². The first-order valence-electron chi connectivity index (χ1n) is 9.40. The van der Waals surface area contributed by atoms with Gasteiger partial charge in [0.1, 0.15) is 16.6 Å². The summed E-state index contributed by atoms with van der Waals surface area (Å²) in [6.07, 6.45) is 0. The number of nitrogens with zero attached hydrogens (tertiary/aromatic N) is 2. The number of carbonyl (C=O) groups excluding carboxylic acids is 2. The standard InChI is InChI=1S/C22H24FN3O3S/c1-13(27)26(11-14-7-5-6-8-17(14)23)22-19(21(29)24-2)15-9-10-18(28)16(12-25(3)4)20(15)30-22/h5-10,28H,11-12H2,1-4H3,(H,24,29). The van der Waals surface area contributed by atoms with Crippen LogP contribution in [0.15, 0.2) is 36.4 Å². The van der Waals surface area contributed by atoms with Crippen molar-refractivity contribution in [1.29, 1.82) is 0 Å². The molecule has 6 nitrogen and oxygen atoms in total. The van der Waals surface area contributed by atoms with Crippen molar-refractivity contribution in [2.24, 2.45) is 0 Å². The summed E-state index contributed by atoms with van der Waals surface area (Å²) in [5, 5.41) is 14.1. The Hall–Kier alpha value is -2.97. The summed E-state index contributed by atoms with van der Waals surface area (Å²) >= 11 is 1.25. The zero-order valence-corrected chi connectivity index (χ0v) is 18.1. The van der Waals surface area contributed by atoms with Crippen LogP contribution in [0.5, 0.6) is 5.75 Å². The minimum absolute atomic E-state index is 0.00613. The summed E-state index contributed by atoms with van der Waals surface area (Å²) in [4.78, 5) is 28.7. The number of halogens is 1. The number of fused-ring (bicyclic) bond motifs is 1. The maximum absolute atomic E-state index is 14.3. The molecular formula is C22H24FN3O3S. The van der Waals surface area contributed by atoms with Crippen LogP contribution in [0.3, 0.4) is 0 Å². The summed E-state index contributed by atoms with van der Waals surface area (Å²) in [7, 11) is 5.28. The van der Waals surface area contributed by atoms with Gasteiger partial charge in [-0.25, -0.2) is 4.39 Å². The van der Waals surface area contributed by atoms with E-state index < -0.39 is 5.82 Å². The van der Waals surface area contributed by atoms with E-state index in [1.165, 1.54) is 36.3 Å². The number of aromatic hydroxyl groups is 1. The van der Waals surface area contributed by atoms with Crippen LogP contribution in [0.1, 0.15) is 28.4 Å². The summed E-state index contributed by atoms with van der Waals surface area (Å²) in [6, 6.07) is 9.47. The molecule has 0 unspecified atom stereocenters. The van der Waals surface area contributed by atoms with E-state index in [9.17, 15) is 19.1 Å². The number of carbonyl (C=O) groups is 2. The Morgan fingerprint density at radius 2 is 1.83 bits per heavy atom. The van der Waals surface area contributed by atoms with Gasteiger partial charge in [0.05, 0.1) is 12.1 Å². The lowest BCUT2D eigenvalue weighted by molar-refractivity contribution is -0.116. The molecule has 0 radical (unpaired) electrons. The van der Waals surface area contributed by atoms with E-state index in [1.54, 1.807) is 30.3 Å². The molecule has 0 bridgehead atoms. The van der Waals surface area contributed by atoms with Gasteiger partial charge in [-0.2, -0.15) is 0 Å². The lowest BCUT2D eigenvalue weighted by atomic mass is 10.1. The van der Waals surface area contributed by atoms with Crippen molar-refractivity contribution >= 4 is 38.2 Å². The van der Waals surface area contributed by atoms with Crippen LogP contribution in [0, 0.1) is 5.82 Å². The van der Waals surface area contributed by atoms with Crippen molar-refractivity contribution in [3.05, 3.63) is 58.9 Å². The van der Waals surface area contributed by atoms with Gasteiger partial charge in [0.15, 0.2) is 0 Å². The molecule has 0 aliphatic heterocycles. The van der Waals surface area contributed by atoms with Crippen molar-refractivity contribution in [2.45, 2.75) is 20.0 Å². The highest BCUT2D eigenvalue weighted by molar-refractivity contribution is 7.23. The number of rotatable bonds is 6. The summed E-state index contributed by atoms with van der Waals surface area (Å²) < 4.78 is 15.0. The molecular weight excluding hydrogens is 405 g/mol. The van der Waals surface area contributed by atoms with E-state index >= 15 is 0 Å². The maximum Gasteiger partial charge on any atom is 0.254 e. The molecule has 1 heterocycles. The highest BCUT2D eigenvalue weighted by Gasteiger charge is 2.27. The monoisotopic (exact) mass is 429 g/mol. The smallest absolute Gasteiger partial charge is 0.254 e. The number of nitrogens with one attached hydrogen (secondary N) is 1. The molecule has 0 saturated carbocycles. The highest BCUT2D eigenvalue weighted by atomic mass is 32.1. The van der Waals surface area contributed by atoms with Crippen LogP contribution in [-0.4, -0.2) is 43.0 Å². The van der Waals surface area contributed by atoms with Crippen LogP contribution < -0.4 is 10.2 Å². The van der Waals surface area contributed by atoms with Crippen molar-refractivity contribution in [3.63, 3.8) is 0 Å². The van der Waals surface area contributed by atoms with Gasteiger partial charge in [-0.05, 0) is 32.3 Å². The van der Waals surface area contributed by atoms with Gasteiger partial charge in [0.25, 0.3) is 5.91 Å². The van der Waals surface area contributed by atoms with E-state index in [4.69, 9.17) is 0 Å². The molecule has 0 atom stereocenters. The third kappa shape index (κ3) is 4.15. The SMILES string of the molecule is CNC(=O)c1c(N(Cc2ccccc2F)C(C)=O)sc2c(CN(C)C)c(O)ccc12. The molecule has 8 heteroatoms. The third-order valence-corrected chi connectivity index (χ3v) is 6.05. The first kappa shape index (κ1) is 21.7. The maximum atomic E-state index is 14.3. The number of hydrogen-bond donors (Lipinski definition) is 2. The molecule has 30 heavy (non-hydrogen) atoms. The van der Waals surface area contributed by atoms with Gasteiger partial charge in [-0.1, -0.05) is 18.2 Å². The van der Waals surface area contributed by atoms with Gasteiger partial charge < -0.3 is 15.3 Å². The molecule has 0 fully saturated rings. The zero-order valence-electron chi connectivity index (χ0n) is 17.3. The second-order valence-electron chi connectivity index (χ2n) is 7.24. The lowest BCUT2D eigenvalue weighted by Crippen LogP contribution is -2.30. The first-order valence-corrected chi connectivity index (χ1v) is 10.2.